The van der Waals surface area contributed by atoms with Gasteiger partial charge >= 0.3 is 5.69 Å². The number of rotatable bonds is 3. The summed E-state index contributed by atoms with van der Waals surface area (Å²) >= 11 is 1.37. The molecule has 7 nitrogen and oxygen atoms in total. The van der Waals surface area contributed by atoms with E-state index in [0.717, 1.165) is 17.0 Å². The fraction of sp³-hybridized carbons (Fsp3) is 0.0667. The van der Waals surface area contributed by atoms with Crippen molar-refractivity contribution in [1.29, 1.82) is 0 Å². The Labute approximate surface area is 139 Å². The number of nitrogens with zero attached hydrogens (tertiary/aromatic N) is 1. The van der Waals surface area contributed by atoms with Gasteiger partial charge < -0.3 is 10.6 Å². The van der Waals surface area contributed by atoms with Gasteiger partial charge in [0.15, 0.2) is 0 Å². The van der Waals surface area contributed by atoms with E-state index >= 15 is 0 Å². The molecule has 0 saturated carbocycles. The normalized spacial score (nSPS) is 13.0. The number of thioether (sulfide) groups is 1. The van der Waals surface area contributed by atoms with E-state index in [1.807, 2.05) is 0 Å². The van der Waals surface area contributed by atoms with E-state index in [0.29, 0.717) is 11.4 Å². The first-order chi connectivity index (χ1) is 11.4. The van der Waals surface area contributed by atoms with Crippen LogP contribution in [0, 0.1) is 15.9 Å². The molecule has 0 saturated heterocycles. The second kappa shape index (κ2) is 6.28. The van der Waals surface area contributed by atoms with E-state index in [4.69, 9.17) is 0 Å². The van der Waals surface area contributed by atoms with Crippen LogP contribution < -0.4 is 10.6 Å². The fourth-order valence-electron chi connectivity index (χ4n) is 2.16. The molecule has 1 heterocycles. The van der Waals surface area contributed by atoms with E-state index in [1.54, 1.807) is 12.1 Å². The molecule has 0 bridgehead atoms. The highest BCUT2D eigenvalue weighted by atomic mass is 32.2. The molecule has 0 radical (unpaired) electrons. The average molecular weight is 347 g/mol. The minimum Gasteiger partial charge on any atom is -0.324 e. The number of hydrogen-bond donors (Lipinski definition) is 2. The van der Waals surface area contributed by atoms with Gasteiger partial charge in [-0.1, -0.05) is 0 Å². The lowest BCUT2D eigenvalue weighted by atomic mass is 10.1. The summed E-state index contributed by atoms with van der Waals surface area (Å²) in [5.74, 6) is -1.34. The third kappa shape index (κ3) is 3.20. The van der Waals surface area contributed by atoms with Crippen LogP contribution in [0.2, 0.25) is 0 Å². The standard InChI is InChI=1S/C15H10FN3O4S/c16-10-3-2-9(6-12(10)19(22)23)17-15(21)8-1-4-13-11(5-8)18-14(20)7-24-13/h1-6H,7H2,(H,17,21)(H,18,20). The van der Waals surface area contributed by atoms with Crippen molar-refractivity contribution < 1.29 is 18.9 Å². The molecule has 2 aromatic carbocycles. The smallest absolute Gasteiger partial charge is 0.306 e. The lowest BCUT2D eigenvalue weighted by Crippen LogP contribution is -2.20. The Kier molecular flexibility index (Phi) is 4.17. The molecule has 0 fully saturated rings. The zero-order valence-electron chi connectivity index (χ0n) is 12.0. The van der Waals surface area contributed by atoms with Crippen molar-refractivity contribution in [3.63, 3.8) is 0 Å². The number of benzene rings is 2. The van der Waals surface area contributed by atoms with Gasteiger partial charge in [-0.15, -0.1) is 11.8 Å². The summed E-state index contributed by atoms with van der Waals surface area (Å²) < 4.78 is 13.3. The van der Waals surface area contributed by atoms with E-state index in [-0.39, 0.29) is 17.2 Å². The summed E-state index contributed by atoms with van der Waals surface area (Å²) in [6.07, 6.45) is 0. The number of amides is 2. The summed E-state index contributed by atoms with van der Waals surface area (Å²) in [7, 11) is 0. The van der Waals surface area contributed by atoms with Gasteiger partial charge in [0, 0.05) is 22.2 Å². The molecule has 0 aromatic heterocycles. The van der Waals surface area contributed by atoms with Gasteiger partial charge in [0.05, 0.1) is 16.4 Å². The summed E-state index contributed by atoms with van der Waals surface area (Å²) in [6, 6.07) is 7.90. The summed E-state index contributed by atoms with van der Waals surface area (Å²) in [5, 5.41) is 15.9. The topological polar surface area (TPSA) is 101 Å². The molecular weight excluding hydrogens is 337 g/mol. The molecule has 0 aliphatic carbocycles. The molecule has 0 unspecified atom stereocenters. The highest BCUT2D eigenvalue weighted by Crippen LogP contribution is 2.32. The third-order valence-corrected chi connectivity index (χ3v) is 4.35. The van der Waals surface area contributed by atoms with Crippen molar-refractivity contribution in [3.05, 3.63) is 57.9 Å². The zero-order chi connectivity index (χ0) is 17.3. The number of anilines is 2. The average Bonchev–Trinajstić information content (AvgIpc) is 2.55. The Morgan fingerprint density at radius 1 is 1.29 bits per heavy atom. The van der Waals surface area contributed by atoms with Crippen LogP contribution in [0.15, 0.2) is 41.3 Å². The quantitative estimate of drug-likeness (QED) is 0.656. The van der Waals surface area contributed by atoms with Crippen molar-refractivity contribution in [2.45, 2.75) is 4.90 Å². The lowest BCUT2D eigenvalue weighted by molar-refractivity contribution is -0.387. The van der Waals surface area contributed by atoms with Crippen LogP contribution in [-0.4, -0.2) is 22.5 Å². The van der Waals surface area contributed by atoms with Gasteiger partial charge in [-0.2, -0.15) is 4.39 Å². The van der Waals surface area contributed by atoms with E-state index in [9.17, 15) is 24.1 Å². The number of halogens is 1. The molecule has 1 aliphatic heterocycles. The van der Waals surface area contributed by atoms with Crippen LogP contribution in [0.1, 0.15) is 10.4 Å². The maximum absolute atomic E-state index is 13.3. The van der Waals surface area contributed by atoms with Gasteiger partial charge in [0.1, 0.15) is 0 Å². The Morgan fingerprint density at radius 3 is 2.83 bits per heavy atom. The first-order valence-electron chi connectivity index (χ1n) is 6.76. The van der Waals surface area contributed by atoms with Crippen molar-refractivity contribution in [1.82, 2.24) is 0 Å². The van der Waals surface area contributed by atoms with Gasteiger partial charge in [-0.25, -0.2) is 0 Å². The van der Waals surface area contributed by atoms with Crippen molar-refractivity contribution in [2.24, 2.45) is 0 Å². The Bertz CT molecular complexity index is 872. The molecule has 3 rings (SSSR count). The maximum Gasteiger partial charge on any atom is 0.306 e. The Hall–Kier alpha value is -2.94. The second-order valence-electron chi connectivity index (χ2n) is 4.93. The van der Waals surface area contributed by atoms with Crippen LogP contribution in [0.5, 0.6) is 0 Å². The predicted octanol–water partition coefficient (Wildman–Crippen LogP) is 3.03. The minimum absolute atomic E-state index is 0.101. The number of hydrogen-bond acceptors (Lipinski definition) is 5. The van der Waals surface area contributed by atoms with Crippen LogP contribution in [0.4, 0.5) is 21.5 Å². The predicted molar refractivity (Wildman–Crippen MR) is 86.8 cm³/mol. The monoisotopic (exact) mass is 347 g/mol. The molecule has 2 N–H and O–H groups in total. The van der Waals surface area contributed by atoms with Crippen molar-refractivity contribution in [2.75, 3.05) is 16.4 Å². The number of nitro benzene ring substituents is 1. The molecule has 0 spiro atoms. The van der Waals surface area contributed by atoms with E-state index in [1.165, 1.54) is 23.9 Å². The minimum atomic E-state index is -0.980. The van der Waals surface area contributed by atoms with Crippen molar-refractivity contribution >= 4 is 40.6 Å². The molecule has 24 heavy (non-hydrogen) atoms. The van der Waals surface area contributed by atoms with Crippen LogP contribution >= 0.6 is 11.8 Å². The van der Waals surface area contributed by atoms with Gasteiger partial charge in [0.2, 0.25) is 11.7 Å². The highest BCUT2D eigenvalue weighted by molar-refractivity contribution is 8.00. The maximum atomic E-state index is 13.3. The van der Waals surface area contributed by atoms with E-state index in [2.05, 4.69) is 10.6 Å². The summed E-state index contributed by atoms with van der Waals surface area (Å²) in [4.78, 5) is 34.4. The van der Waals surface area contributed by atoms with Gasteiger partial charge in [0.25, 0.3) is 5.91 Å². The van der Waals surface area contributed by atoms with Crippen LogP contribution in [0.3, 0.4) is 0 Å². The molecule has 2 aromatic rings. The first-order valence-corrected chi connectivity index (χ1v) is 7.74. The zero-order valence-corrected chi connectivity index (χ0v) is 12.9. The largest absolute Gasteiger partial charge is 0.324 e. The number of carbonyl (C=O) groups is 2. The highest BCUT2D eigenvalue weighted by Gasteiger charge is 2.19. The molecule has 0 atom stereocenters. The Morgan fingerprint density at radius 2 is 2.08 bits per heavy atom. The molecular formula is C15H10FN3O4S. The first kappa shape index (κ1) is 15.9. The van der Waals surface area contributed by atoms with Gasteiger partial charge in [-0.3, -0.25) is 19.7 Å². The van der Waals surface area contributed by atoms with Gasteiger partial charge in [-0.05, 0) is 30.3 Å². The number of carbonyl (C=O) groups excluding carboxylic acids is 2. The van der Waals surface area contributed by atoms with Crippen LogP contribution in [0.25, 0.3) is 0 Å². The van der Waals surface area contributed by atoms with E-state index < -0.39 is 22.3 Å². The molecule has 1 aliphatic rings. The van der Waals surface area contributed by atoms with Crippen molar-refractivity contribution in [3.8, 4) is 0 Å². The Balaban J connectivity index is 1.83. The number of fused-ring (bicyclic) bond motifs is 1. The number of nitro groups is 1. The lowest BCUT2D eigenvalue weighted by Gasteiger charge is -2.16. The number of nitrogens with one attached hydrogen (secondary N) is 2. The molecule has 122 valence electrons. The summed E-state index contributed by atoms with van der Waals surface area (Å²) in [6.45, 7) is 0. The third-order valence-electron chi connectivity index (χ3n) is 3.28. The molecule has 2 amide bonds. The SMILES string of the molecule is O=C1CSc2ccc(C(=O)Nc3ccc(F)c([N+](=O)[O-])c3)cc2N1. The van der Waals surface area contributed by atoms with Crippen LogP contribution in [-0.2, 0) is 4.79 Å². The fourth-order valence-corrected chi connectivity index (χ4v) is 2.95. The summed E-state index contributed by atoms with van der Waals surface area (Å²) in [5.41, 5.74) is 0.184. The second-order valence-corrected chi connectivity index (χ2v) is 5.94. The molecule has 9 heteroatoms.